The molecule has 0 saturated heterocycles. The van der Waals surface area contributed by atoms with E-state index in [2.05, 4.69) is 5.32 Å². The molecule has 0 aliphatic rings. The summed E-state index contributed by atoms with van der Waals surface area (Å²) < 4.78 is 5.29. The van der Waals surface area contributed by atoms with Crippen LogP contribution in [0.4, 0.5) is 5.69 Å². The van der Waals surface area contributed by atoms with Crippen molar-refractivity contribution in [2.75, 3.05) is 11.9 Å². The number of carbonyl (C=O) groups is 2. The van der Waals surface area contributed by atoms with Crippen LogP contribution in [0.1, 0.15) is 37.3 Å². The van der Waals surface area contributed by atoms with E-state index >= 15 is 0 Å². The number of anilines is 1. The Hall–Kier alpha value is -2.62. The molecule has 132 valence electrons. The molecule has 1 amide bonds. The number of esters is 1. The maximum absolute atomic E-state index is 12.5. The van der Waals surface area contributed by atoms with Gasteiger partial charge in [0.1, 0.15) is 0 Å². The van der Waals surface area contributed by atoms with Gasteiger partial charge in [0.15, 0.2) is 6.61 Å². The second kappa shape index (κ2) is 9.02. The van der Waals surface area contributed by atoms with Gasteiger partial charge in [-0.25, -0.2) is 0 Å². The maximum Gasteiger partial charge on any atom is 0.314 e. The molecule has 0 aromatic heterocycles. The Balaban J connectivity index is 1.96. The third-order valence-corrected chi connectivity index (χ3v) is 4.31. The summed E-state index contributed by atoms with van der Waals surface area (Å²) in [5, 5.41) is 2.73. The Morgan fingerprint density at radius 3 is 2.28 bits per heavy atom. The number of hydrogen-bond acceptors (Lipinski definition) is 3. The molecule has 0 aliphatic carbocycles. The molecule has 2 aromatic carbocycles. The first-order valence-electron chi connectivity index (χ1n) is 8.59. The molecule has 2 rings (SSSR count). The Labute approximate surface area is 149 Å². The van der Waals surface area contributed by atoms with Gasteiger partial charge in [-0.3, -0.25) is 9.59 Å². The molecule has 2 atom stereocenters. The van der Waals surface area contributed by atoms with Crippen molar-refractivity contribution in [3.63, 3.8) is 0 Å². The van der Waals surface area contributed by atoms with Gasteiger partial charge < -0.3 is 10.1 Å². The van der Waals surface area contributed by atoms with Crippen molar-refractivity contribution < 1.29 is 14.3 Å². The van der Waals surface area contributed by atoms with Gasteiger partial charge in [-0.1, -0.05) is 68.3 Å². The quantitative estimate of drug-likeness (QED) is 0.765. The van der Waals surface area contributed by atoms with Crippen molar-refractivity contribution >= 4 is 17.6 Å². The summed E-state index contributed by atoms with van der Waals surface area (Å²) in [4.78, 5) is 24.6. The topological polar surface area (TPSA) is 55.4 Å². The molecular weight excluding hydrogens is 314 g/mol. The smallest absolute Gasteiger partial charge is 0.314 e. The van der Waals surface area contributed by atoms with Gasteiger partial charge >= 0.3 is 5.97 Å². The minimum Gasteiger partial charge on any atom is -0.455 e. The van der Waals surface area contributed by atoms with E-state index in [1.54, 1.807) is 0 Å². The largest absolute Gasteiger partial charge is 0.455 e. The molecule has 1 N–H and O–H groups in total. The number of nitrogens with one attached hydrogen (secondary N) is 1. The summed E-state index contributed by atoms with van der Waals surface area (Å²) in [5.41, 5.74) is 2.72. The van der Waals surface area contributed by atoms with E-state index in [9.17, 15) is 9.59 Å². The van der Waals surface area contributed by atoms with Crippen LogP contribution >= 0.6 is 0 Å². The molecule has 4 heteroatoms. The fraction of sp³-hybridized carbons (Fsp3) is 0.333. The maximum atomic E-state index is 12.5. The summed E-state index contributed by atoms with van der Waals surface area (Å²) in [6.07, 6.45) is 0.851. The molecular formula is C21H25NO3. The minimum absolute atomic E-state index is 0.134. The fourth-order valence-electron chi connectivity index (χ4n) is 2.65. The standard InChI is InChI=1S/C21H25NO3/c1-4-16(3)20(17-8-6-5-7-9-17)21(24)25-14-19(23)22-18-12-10-15(2)11-13-18/h5-13,16,20H,4,14H2,1-3H3,(H,22,23)/t16-,20-/m1/s1. The zero-order valence-corrected chi connectivity index (χ0v) is 15.0. The van der Waals surface area contributed by atoms with E-state index in [1.165, 1.54) is 0 Å². The second-order valence-corrected chi connectivity index (χ2v) is 6.30. The Kier molecular flexibility index (Phi) is 6.75. The zero-order valence-electron chi connectivity index (χ0n) is 15.0. The lowest BCUT2D eigenvalue weighted by atomic mass is 9.86. The fourth-order valence-corrected chi connectivity index (χ4v) is 2.65. The summed E-state index contributed by atoms with van der Waals surface area (Å²) in [6, 6.07) is 17.0. The minimum atomic E-state index is -0.363. The first kappa shape index (κ1) is 18.7. The summed E-state index contributed by atoms with van der Waals surface area (Å²) >= 11 is 0. The lowest BCUT2D eigenvalue weighted by Crippen LogP contribution is -2.26. The van der Waals surface area contributed by atoms with Crippen LogP contribution < -0.4 is 5.32 Å². The van der Waals surface area contributed by atoms with Crippen LogP contribution in [0.25, 0.3) is 0 Å². The van der Waals surface area contributed by atoms with Crippen LogP contribution in [0, 0.1) is 12.8 Å². The first-order chi connectivity index (χ1) is 12.0. The summed E-state index contributed by atoms with van der Waals surface area (Å²) in [7, 11) is 0. The first-order valence-corrected chi connectivity index (χ1v) is 8.59. The molecule has 25 heavy (non-hydrogen) atoms. The van der Waals surface area contributed by atoms with Gasteiger partial charge in [0.2, 0.25) is 0 Å². The number of benzene rings is 2. The van der Waals surface area contributed by atoms with E-state index in [0.717, 1.165) is 17.5 Å². The van der Waals surface area contributed by atoms with Gasteiger partial charge in [-0.2, -0.15) is 0 Å². The highest BCUT2D eigenvalue weighted by molar-refractivity contribution is 5.93. The molecule has 2 aromatic rings. The zero-order chi connectivity index (χ0) is 18.2. The monoisotopic (exact) mass is 339 g/mol. The van der Waals surface area contributed by atoms with Crippen LogP contribution in [-0.4, -0.2) is 18.5 Å². The van der Waals surface area contributed by atoms with Gasteiger partial charge in [-0.15, -0.1) is 0 Å². The second-order valence-electron chi connectivity index (χ2n) is 6.30. The molecule has 0 heterocycles. The molecule has 0 spiro atoms. The lowest BCUT2D eigenvalue weighted by Gasteiger charge is -2.21. The average molecular weight is 339 g/mol. The van der Waals surface area contributed by atoms with E-state index in [1.807, 2.05) is 75.4 Å². The number of carbonyl (C=O) groups excluding carboxylic acids is 2. The van der Waals surface area contributed by atoms with Crippen LogP contribution in [-0.2, 0) is 14.3 Å². The van der Waals surface area contributed by atoms with Crippen LogP contribution in [0.15, 0.2) is 54.6 Å². The van der Waals surface area contributed by atoms with Crippen molar-refractivity contribution in [3.8, 4) is 0 Å². The summed E-state index contributed by atoms with van der Waals surface area (Å²) in [6.45, 7) is 5.75. The number of hydrogen-bond donors (Lipinski definition) is 1. The van der Waals surface area contributed by atoms with Crippen molar-refractivity contribution in [1.29, 1.82) is 0 Å². The normalized spacial score (nSPS) is 12.9. The highest BCUT2D eigenvalue weighted by atomic mass is 16.5. The predicted octanol–water partition coefficient (Wildman–Crippen LogP) is 4.31. The molecule has 0 bridgehead atoms. The highest BCUT2D eigenvalue weighted by Gasteiger charge is 2.27. The third-order valence-electron chi connectivity index (χ3n) is 4.31. The Bertz CT molecular complexity index is 695. The van der Waals surface area contributed by atoms with E-state index in [0.29, 0.717) is 5.69 Å². The molecule has 0 unspecified atom stereocenters. The van der Waals surface area contributed by atoms with Gasteiger partial charge in [0.25, 0.3) is 5.91 Å². The van der Waals surface area contributed by atoms with E-state index in [4.69, 9.17) is 4.74 Å². The van der Waals surface area contributed by atoms with Crippen LogP contribution in [0.2, 0.25) is 0 Å². The molecule has 0 saturated carbocycles. The van der Waals surface area contributed by atoms with E-state index < -0.39 is 0 Å². The van der Waals surface area contributed by atoms with E-state index in [-0.39, 0.29) is 30.3 Å². The van der Waals surface area contributed by atoms with Crippen LogP contribution in [0.5, 0.6) is 0 Å². The number of aryl methyl sites for hydroxylation is 1. The number of amides is 1. The SMILES string of the molecule is CC[C@@H](C)[C@@H](C(=O)OCC(=O)Nc1ccc(C)cc1)c1ccccc1. The highest BCUT2D eigenvalue weighted by Crippen LogP contribution is 2.28. The molecule has 4 nitrogen and oxygen atoms in total. The third kappa shape index (κ3) is 5.45. The Morgan fingerprint density at radius 2 is 1.68 bits per heavy atom. The van der Waals surface area contributed by atoms with Crippen molar-refractivity contribution in [1.82, 2.24) is 0 Å². The Morgan fingerprint density at radius 1 is 1.04 bits per heavy atom. The van der Waals surface area contributed by atoms with Crippen molar-refractivity contribution in [3.05, 3.63) is 65.7 Å². The number of rotatable bonds is 7. The summed E-state index contributed by atoms with van der Waals surface area (Å²) in [5.74, 6) is -0.929. The van der Waals surface area contributed by atoms with Crippen molar-refractivity contribution in [2.45, 2.75) is 33.1 Å². The molecule has 0 radical (unpaired) electrons. The van der Waals surface area contributed by atoms with Gasteiger partial charge in [-0.05, 0) is 30.5 Å². The number of ether oxygens (including phenoxy) is 1. The van der Waals surface area contributed by atoms with Crippen LogP contribution in [0.3, 0.4) is 0 Å². The predicted molar refractivity (Wildman–Crippen MR) is 99.4 cm³/mol. The molecule has 0 aliphatic heterocycles. The van der Waals surface area contributed by atoms with Gasteiger partial charge in [0.05, 0.1) is 5.92 Å². The lowest BCUT2D eigenvalue weighted by molar-refractivity contribution is -0.150. The molecule has 0 fully saturated rings. The average Bonchev–Trinajstić information content (AvgIpc) is 2.63. The van der Waals surface area contributed by atoms with Gasteiger partial charge in [0, 0.05) is 5.69 Å². The van der Waals surface area contributed by atoms with Crippen molar-refractivity contribution in [2.24, 2.45) is 5.92 Å².